The molecule has 0 bridgehead atoms. The number of morpholine rings is 1. The Kier molecular flexibility index (Phi) is 7.74. The molecule has 7 nitrogen and oxygen atoms in total. The van der Waals surface area contributed by atoms with Gasteiger partial charge in [0.15, 0.2) is 5.96 Å². The minimum Gasteiger partial charge on any atom is -0.379 e. The monoisotopic (exact) mass is 435 g/mol. The molecule has 0 unspecified atom stereocenters. The first kappa shape index (κ1) is 22.3. The molecule has 7 heteroatoms. The number of hydrogen-bond acceptors (Lipinski definition) is 4. The van der Waals surface area contributed by atoms with Crippen LogP contribution in [0, 0.1) is 0 Å². The lowest BCUT2D eigenvalue weighted by atomic mass is 10.00. The van der Waals surface area contributed by atoms with Crippen LogP contribution in [0.1, 0.15) is 22.3 Å². The van der Waals surface area contributed by atoms with E-state index in [2.05, 4.69) is 63.0 Å². The maximum Gasteiger partial charge on any atom is 0.242 e. The van der Waals surface area contributed by atoms with E-state index in [0.717, 1.165) is 45.8 Å². The van der Waals surface area contributed by atoms with Crippen molar-refractivity contribution in [3.05, 3.63) is 70.8 Å². The molecule has 0 spiro atoms. The number of nitrogens with zero attached hydrogens (tertiary/aromatic N) is 3. The van der Waals surface area contributed by atoms with E-state index in [-0.39, 0.29) is 12.5 Å². The quantitative estimate of drug-likeness (QED) is 0.535. The van der Waals surface area contributed by atoms with Crippen molar-refractivity contribution in [3.63, 3.8) is 0 Å². The van der Waals surface area contributed by atoms with Gasteiger partial charge < -0.3 is 20.3 Å². The number of ether oxygens (including phenoxy) is 1. The Bertz CT molecular complexity index is 939. The average Bonchev–Trinajstić information content (AvgIpc) is 2.85. The van der Waals surface area contributed by atoms with Crippen LogP contribution in [0.2, 0.25) is 0 Å². The van der Waals surface area contributed by atoms with Crippen LogP contribution in [-0.4, -0.2) is 68.1 Å². The van der Waals surface area contributed by atoms with Crippen molar-refractivity contribution in [1.29, 1.82) is 0 Å². The van der Waals surface area contributed by atoms with Crippen LogP contribution in [0.4, 0.5) is 0 Å². The molecule has 0 aromatic heterocycles. The first-order valence-electron chi connectivity index (χ1n) is 11.4. The van der Waals surface area contributed by atoms with E-state index >= 15 is 0 Å². The third-order valence-electron chi connectivity index (χ3n) is 6.18. The molecule has 2 aliphatic rings. The molecule has 0 saturated carbocycles. The van der Waals surface area contributed by atoms with Crippen molar-refractivity contribution in [2.75, 3.05) is 46.4 Å². The molecule has 0 atom stereocenters. The van der Waals surface area contributed by atoms with Crippen LogP contribution in [-0.2, 0) is 35.6 Å². The number of carbonyl (C=O) groups excluding carboxylic acids is 1. The normalized spacial score (nSPS) is 17.0. The summed E-state index contributed by atoms with van der Waals surface area (Å²) in [7, 11) is 1.73. The summed E-state index contributed by atoms with van der Waals surface area (Å²) in [6.07, 6.45) is 0.912. The number of fused-ring (bicyclic) bond motifs is 1. The third kappa shape index (κ3) is 5.87. The lowest BCUT2D eigenvalue weighted by Crippen LogP contribution is -2.45. The maximum absolute atomic E-state index is 12.7. The predicted molar refractivity (Wildman–Crippen MR) is 126 cm³/mol. The largest absolute Gasteiger partial charge is 0.379 e. The van der Waals surface area contributed by atoms with E-state index in [0.29, 0.717) is 19.0 Å². The van der Waals surface area contributed by atoms with Crippen molar-refractivity contribution in [1.82, 2.24) is 20.4 Å². The minimum atomic E-state index is 0.0928. The predicted octanol–water partition coefficient (Wildman–Crippen LogP) is 1.77. The second-order valence-electron chi connectivity index (χ2n) is 8.27. The Morgan fingerprint density at radius 3 is 2.47 bits per heavy atom. The molecule has 1 fully saturated rings. The number of nitrogens with one attached hydrogen (secondary N) is 2. The molecule has 1 saturated heterocycles. The fourth-order valence-electron chi connectivity index (χ4n) is 4.26. The molecule has 1 amide bonds. The molecule has 2 aromatic rings. The van der Waals surface area contributed by atoms with E-state index < -0.39 is 0 Å². The Labute approximate surface area is 190 Å². The van der Waals surface area contributed by atoms with E-state index in [1.807, 2.05) is 11.0 Å². The fraction of sp³-hybridized carbons (Fsp3) is 0.440. The summed E-state index contributed by atoms with van der Waals surface area (Å²) in [6.45, 7) is 6.78. The standard InChI is InChI=1S/C25H33N5O2/c1-26-25(28-17-24(31)30-11-10-20-6-2-4-9-23(20)19-30)27-16-21-7-3-5-8-22(21)18-29-12-14-32-15-13-29/h2-9H,10-19H2,1H3,(H2,26,27,28). The number of carbonyl (C=O) groups is 1. The van der Waals surface area contributed by atoms with Gasteiger partial charge in [0, 0.05) is 46.3 Å². The van der Waals surface area contributed by atoms with Gasteiger partial charge in [-0.15, -0.1) is 0 Å². The molecule has 170 valence electrons. The van der Waals surface area contributed by atoms with Gasteiger partial charge in [0.25, 0.3) is 0 Å². The van der Waals surface area contributed by atoms with E-state index in [9.17, 15) is 4.79 Å². The lowest BCUT2D eigenvalue weighted by Gasteiger charge is -2.29. The van der Waals surface area contributed by atoms with Crippen molar-refractivity contribution >= 4 is 11.9 Å². The zero-order valence-corrected chi connectivity index (χ0v) is 18.8. The highest BCUT2D eigenvalue weighted by atomic mass is 16.5. The van der Waals surface area contributed by atoms with Crippen LogP contribution in [0.15, 0.2) is 53.5 Å². The summed E-state index contributed by atoms with van der Waals surface area (Å²) in [6, 6.07) is 16.8. The number of rotatable bonds is 6. The highest BCUT2D eigenvalue weighted by Crippen LogP contribution is 2.18. The van der Waals surface area contributed by atoms with Gasteiger partial charge in [0.1, 0.15) is 0 Å². The van der Waals surface area contributed by atoms with E-state index in [4.69, 9.17) is 4.74 Å². The number of hydrogen-bond donors (Lipinski definition) is 2. The Morgan fingerprint density at radius 2 is 1.69 bits per heavy atom. The Morgan fingerprint density at radius 1 is 0.969 bits per heavy atom. The molecule has 0 radical (unpaired) electrons. The summed E-state index contributed by atoms with van der Waals surface area (Å²) in [4.78, 5) is 21.4. The van der Waals surface area contributed by atoms with Crippen molar-refractivity contribution in [2.45, 2.75) is 26.1 Å². The van der Waals surface area contributed by atoms with Gasteiger partial charge in [0.05, 0.1) is 19.8 Å². The van der Waals surface area contributed by atoms with Crippen LogP contribution >= 0.6 is 0 Å². The zero-order valence-electron chi connectivity index (χ0n) is 18.8. The fourth-order valence-corrected chi connectivity index (χ4v) is 4.26. The second kappa shape index (κ2) is 11.1. The van der Waals surface area contributed by atoms with Gasteiger partial charge >= 0.3 is 0 Å². The Balaban J connectivity index is 1.27. The molecular weight excluding hydrogens is 402 g/mol. The van der Waals surface area contributed by atoms with Gasteiger partial charge in [0.2, 0.25) is 5.91 Å². The first-order chi connectivity index (χ1) is 15.7. The van der Waals surface area contributed by atoms with Gasteiger partial charge in [-0.3, -0.25) is 14.7 Å². The van der Waals surface area contributed by atoms with Crippen LogP contribution in [0.25, 0.3) is 0 Å². The smallest absolute Gasteiger partial charge is 0.242 e. The Hall–Kier alpha value is -2.90. The van der Waals surface area contributed by atoms with Gasteiger partial charge in [-0.25, -0.2) is 0 Å². The highest BCUT2D eigenvalue weighted by molar-refractivity contribution is 5.86. The number of amides is 1. The zero-order chi connectivity index (χ0) is 22.2. The molecule has 2 heterocycles. The SMILES string of the molecule is CN=C(NCC(=O)N1CCc2ccccc2C1)NCc1ccccc1CN1CCOCC1. The molecule has 4 rings (SSSR count). The molecule has 32 heavy (non-hydrogen) atoms. The molecule has 2 aliphatic heterocycles. The van der Waals surface area contributed by atoms with Gasteiger partial charge in [-0.05, 0) is 28.7 Å². The lowest BCUT2D eigenvalue weighted by molar-refractivity contribution is -0.130. The number of benzene rings is 2. The second-order valence-corrected chi connectivity index (χ2v) is 8.27. The van der Waals surface area contributed by atoms with Crippen LogP contribution in [0.5, 0.6) is 0 Å². The topological polar surface area (TPSA) is 69.2 Å². The molecule has 2 N–H and O–H groups in total. The molecular formula is C25H33N5O2. The summed E-state index contributed by atoms with van der Waals surface area (Å²) in [5, 5.41) is 6.54. The minimum absolute atomic E-state index is 0.0928. The van der Waals surface area contributed by atoms with E-state index in [1.165, 1.54) is 22.3 Å². The number of guanidine groups is 1. The van der Waals surface area contributed by atoms with Crippen molar-refractivity contribution < 1.29 is 9.53 Å². The summed E-state index contributed by atoms with van der Waals surface area (Å²) in [5.74, 6) is 0.729. The van der Waals surface area contributed by atoms with Gasteiger partial charge in [-0.2, -0.15) is 0 Å². The van der Waals surface area contributed by atoms with Gasteiger partial charge in [-0.1, -0.05) is 48.5 Å². The summed E-state index contributed by atoms with van der Waals surface area (Å²) < 4.78 is 5.46. The maximum atomic E-state index is 12.7. The van der Waals surface area contributed by atoms with Crippen molar-refractivity contribution in [2.24, 2.45) is 4.99 Å². The average molecular weight is 436 g/mol. The van der Waals surface area contributed by atoms with E-state index in [1.54, 1.807) is 7.05 Å². The van der Waals surface area contributed by atoms with Crippen molar-refractivity contribution in [3.8, 4) is 0 Å². The molecule has 2 aromatic carbocycles. The third-order valence-corrected chi connectivity index (χ3v) is 6.18. The summed E-state index contributed by atoms with van der Waals surface area (Å²) in [5.41, 5.74) is 5.13. The summed E-state index contributed by atoms with van der Waals surface area (Å²) >= 11 is 0. The first-order valence-corrected chi connectivity index (χ1v) is 11.4. The van der Waals surface area contributed by atoms with Crippen LogP contribution < -0.4 is 10.6 Å². The number of aliphatic imine (C=N–C) groups is 1. The van der Waals surface area contributed by atoms with Crippen LogP contribution in [0.3, 0.4) is 0 Å². The molecule has 0 aliphatic carbocycles. The highest BCUT2D eigenvalue weighted by Gasteiger charge is 2.20.